The lowest BCUT2D eigenvalue weighted by Gasteiger charge is -2.17. The van der Waals surface area contributed by atoms with Gasteiger partial charge in [0.15, 0.2) is 11.6 Å². The number of aryl methyl sites for hydroxylation is 1. The molecule has 5 rings (SSSR count). The number of nitrogens with one attached hydrogen (secondary N) is 2. The number of H-pyrrole nitrogens is 1. The van der Waals surface area contributed by atoms with Gasteiger partial charge in [-0.2, -0.15) is 5.10 Å². The molecule has 10 nitrogen and oxygen atoms in total. The van der Waals surface area contributed by atoms with Crippen molar-refractivity contribution in [1.82, 2.24) is 25.5 Å². The van der Waals surface area contributed by atoms with E-state index in [-0.39, 0.29) is 29.6 Å². The number of aromatic nitrogens is 4. The number of anilines is 1. The highest BCUT2D eigenvalue weighted by Crippen LogP contribution is 2.68. The Hall–Kier alpha value is -3.79. The smallest absolute Gasteiger partial charge is 0.290 e. The fourth-order valence-electron chi connectivity index (χ4n) is 5.01. The van der Waals surface area contributed by atoms with Crippen LogP contribution in [0.3, 0.4) is 0 Å². The lowest BCUT2D eigenvalue weighted by Crippen LogP contribution is -2.30. The van der Waals surface area contributed by atoms with Crippen LogP contribution in [0.5, 0.6) is 0 Å². The van der Waals surface area contributed by atoms with E-state index in [0.29, 0.717) is 25.5 Å². The molecule has 0 radical (unpaired) electrons. The number of β-amino-alcohol motifs (C(OH)–C–C–N with tert-alkyl or cyclic N) is 1. The van der Waals surface area contributed by atoms with Gasteiger partial charge in [-0.05, 0) is 36.5 Å². The standard InChI is InChI=1S/C22H24N6O2.CH2O2/c1-14-7-8-18(27-26-14)28-12-17(29)22(13-28)16(19(22)15-5-3-2-4-6-15)11-25-21(30)20-23-9-10-24-20;2-1-3/h2-10,16-17,19,29H,11-13H2,1H3,(H,23,24)(H,25,30);1H,(H,2,3)/t16-,17-,19-,22-;/m1./s1. The van der Waals surface area contributed by atoms with E-state index < -0.39 is 6.10 Å². The van der Waals surface area contributed by atoms with Crippen molar-refractivity contribution < 1.29 is 19.8 Å². The summed E-state index contributed by atoms with van der Waals surface area (Å²) in [5.74, 6) is 1.12. The number of imidazole rings is 1. The van der Waals surface area contributed by atoms with Crippen LogP contribution in [0.25, 0.3) is 0 Å². The van der Waals surface area contributed by atoms with Gasteiger partial charge in [0.2, 0.25) is 0 Å². The van der Waals surface area contributed by atoms with Crippen molar-refractivity contribution in [3.05, 3.63) is 71.9 Å². The number of aromatic amines is 1. The van der Waals surface area contributed by atoms with Gasteiger partial charge < -0.3 is 25.4 Å². The summed E-state index contributed by atoms with van der Waals surface area (Å²) in [6.45, 7) is 3.31. The number of hydrogen-bond acceptors (Lipinski definition) is 7. The summed E-state index contributed by atoms with van der Waals surface area (Å²) in [5, 5.41) is 29.5. The van der Waals surface area contributed by atoms with Gasteiger partial charge in [0.1, 0.15) is 0 Å². The van der Waals surface area contributed by atoms with E-state index in [4.69, 9.17) is 9.90 Å². The third kappa shape index (κ3) is 4.29. The first-order valence-electron chi connectivity index (χ1n) is 10.6. The zero-order valence-electron chi connectivity index (χ0n) is 18.1. The van der Waals surface area contributed by atoms with Crippen LogP contribution in [0, 0.1) is 18.3 Å². The van der Waals surface area contributed by atoms with E-state index in [1.54, 1.807) is 12.4 Å². The molecular formula is C23H26N6O4. The molecular weight excluding hydrogens is 424 g/mol. The summed E-state index contributed by atoms with van der Waals surface area (Å²) < 4.78 is 0. The van der Waals surface area contributed by atoms with E-state index in [9.17, 15) is 9.90 Å². The number of rotatable bonds is 5. The highest BCUT2D eigenvalue weighted by atomic mass is 16.3. The highest BCUT2D eigenvalue weighted by Gasteiger charge is 2.71. The average Bonchev–Trinajstić information content (AvgIpc) is 3.12. The maximum atomic E-state index is 12.4. The predicted octanol–water partition coefficient (Wildman–Crippen LogP) is 1.22. The minimum absolute atomic E-state index is 0.122. The molecule has 10 heteroatoms. The second kappa shape index (κ2) is 9.37. The molecule has 2 aliphatic rings. The Morgan fingerprint density at radius 2 is 2.03 bits per heavy atom. The first kappa shape index (κ1) is 22.4. The van der Waals surface area contributed by atoms with Gasteiger partial charge >= 0.3 is 0 Å². The van der Waals surface area contributed by atoms with Gasteiger partial charge in [0.05, 0.1) is 11.8 Å². The summed E-state index contributed by atoms with van der Waals surface area (Å²) >= 11 is 0. The maximum Gasteiger partial charge on any atom is 0.290 e. The summed E-state index contributed by atoms with van der Waals surface area (Å²) in [7, 11) is 0. The maximum absolute atomic E-state index is 12.4. The van der Waals surface area contributed by atoms with Crippen molar-refractivity contribution in [2.75, 3.05) is 24.5 Å². The SMILES string of the molecule is Cc1ccc(N2C[C@@H](O)[C@@]3(C2)[C@H](CNC(=O)c2ncc[nH]2)[C@H]3c2ccccc2)nn1.O=CO. The molecule has 4 N–H and O–H groups in total. The molecule has 1 saturated carbocycles. The molecule has 0 bridgehead atoms. The number of aliphatic hydroxyl groups excluding tert-OH is 1. The monoisotopic (exact) mass is 450 g/mol. The quantitative estimate of drug-likeness (QED) is 0.425. The van der Waals surface area contributed by atoms with Crippen LogP contribution in [-0.4, -0.2) is 68.5 Å². The Labute approximate surface area is 190 Å². The normalized spacial score (nSPS) is 25.3. The van der Waals surface area contributed by atoms with Crippen LogP contribution in [0.4, 0.5) is 5.82 Å². The number of amides is 1. The van der Waals surface area contributed by atoms with Crippen LogP contribution < -0.4 is 10.2 Å². The first-order chi connectivity index (χ1) is 16.0. The molecule has 4 atom stereocenters. The molecule has 0 unspecified atom stereocenters. The highest BCUT2D eigenvalue weighted by molar-refractivity contribution is 5.90. The Morgan fingerprint density at radius 1 is 1.27 bits per heavy atom. The fourth-order valence-corrected chi connectivity index (χ4v) is 5.01. The average molecular weight is 450 g/mol. The van der Waals surface area contributed by atoms with E-state index in [0.717, 1.165) is 11.5 Å². The molecule has 1 aliphatic carbocycles. The predicted molar refractivity (Wildman–Crippen MR) is 120 cm³/mol. The number of carbonyl (C=O) groups is 2. The Balaban J connectivity index is 0.000000821. The molecule has 1 aliphatic heterocycles. The first-order valence-corrected chi connectivity index (χ1v) is 10.6. The Morgan fingerprint density at radius 3 is 2.67 bits per heavy atom. The zero-order valence-corrected chi connectivity index (χ0v) is 18.1. The summed E-state index contributed by atoms with van der Waals surface area (Å²) in [6.07, 6.45) is 2.67. The molecule has 3 heterocycles. The number of carbonyl (C=O) groups excluding carboxylic acids is 1. The number of carboxylic acid groups (broad SMARTS) is 1. The topological polar surface area (TPSA) is 144 Å². The molecule has 1 spiro atoms. The molecule has 172 valence electrons. The lowest BCUT2D eigenvalue weighted by molar-refractivity contribution is -0.122. The van der Waals surface area contributed by atoms with Crippen molar-refractivity contribution in [2.24, 2.45) is 11.3 Å². The van der Waals surface area contributed by atoms with Gasteiger partial charge in [-0.15, -0.1) is 5.10 Å². The van der Waals surface area contributed by atoms with Crippen LogP contribution in [0.2, 0.25) is 0 Å². The summed E-state index contributed by atoms with van der Waals surface area (Å²) in [6, 6.07) is 14.1. The molecule has 2 aromatic heterocycles. The van der Waals surface area contributed by atoms with Crippen LogP contribution >= 0.6 is 0 Å². The summed E-state index contributed by atoms with van der Waals surface area (Å²) in [5.41, 5.74) is 1.72. The van der Waals surface area contributed by atoms with Gasteiger partial charge in [-0.25, -0.2) is 4.98 Å². The largest absolute Gasteiger partial charge is 0.483 e. The lowest BCUT2D eigenvalue weighted by atomic mass is 9.95. The van der Waals surface area contributed by atoms with E-state index >= 15 is 0 Å². The van der Waals surface area contributed by atoms with Gasteiger partial charge in [0, 0.05) is 37.4 Å². The number of aliphatic hydroxyl groups is 1. The van der Waals surface area contributed by atoms with E-state index in [1.165, 1.54) is 5.56 Å². The van der Waals surface area contributed by atoms with Gasteiger partial charge in [-0.3, -0.25) is 9.59 Å². The molecule has 2 fully saturated rings. The fraction of sp³-hybridized carbons (Fsp3) is 0.348. The van der Waals surface area contributed by atoms with Crippen molar-refractivity contribution in [1.29, 1.82) is 0 Å². The van der Waals surface area contributed by atoms with Gasteiger partial charge in [0.25, 0.3) is 12.4 Å². The third-order valence-corrected chi connectivity index (χ3v) is 6.50. The Bertz CT molecular complexity index is 1080. The van der Waals surface area contributed by atoms with Crippen LogP contribution in [-0.2, 0) is 4.79 Å². The molecule has 1 saturated heterocycles. The Kier molecular flexibility index (Phi) is 6.36. The van der Waals surface area contributed by atoms with Crippen molar-refractivity contribution >= 4 is 18.2 Å². The number of nitrogens with zero attached hydrogens (tertiary/aromatic N) is 4. The minimum Gasteiger partial charge on any atom is -0.483 e. The van der Waals surface area contributed by atoms with Crippen molar-refractivity contribution in [3.8, 4) is 0 Å². The molecule has 33 heavy (non-hydrogen) atoms. The molecule has 1 amide bonds. The van der Waals surface area contributed by atoms with Gasteiger partial charge in [-0.1, -0.05) is 30.3 Å². The van der Waals surface area contributed by atoms with E-state index in [2.05, 4.69) is 42.5 Å². The second-order valence-corrected chi connectivity index (χ2v) is 8.29. The van der Waals surface area contributed by atoms with Crippen molar-refractivity contribution in [3.63, 3.8) is 0 Å². The number of hydrogen-bond donors (Lipinski definition) is 4. The van der Waals surface area contributed by atoms with Crippen LogP contribution in [0.15, 0.2) is 54.9 Å². The number of benzene rings is 1. The second-order valence-electron chi connectivity index (χ2n) is 8.29. The zero-order chi connectivity index (χ0) is 23.4. The minimum atomic E-state index is -0.517. The van der Waals surface area contributed by atoms with Crippen LogP contribution in [0.1, 0.15) is 27.8 Å². The third-order valence-electron chi connectivity index (χ3n) is 6.50. The van der Waals surface area contributed by atoms with Crippen molar-refractivity contribution in [2.45, 2.75) is 18.9 Å². The van der Waals surface area contributed by atoms with E-state index in [1.807, 2.05) is 37.3 Å². The molecule has 3 aromatic rings. The molecule has 1 aromatic carbocycles. The summed E-state index contributed by atoms with van der Waals surface area (Å²) in [4.78, 5) is 29.7.